The van der Waals surface area contributed by atoms with Gasteiger partial charge in [0.1, 0.15) is 10.8 Å². The van der Waals surface area contributed by atoms with Crippen molar-refractivity contribution in [3.63, 3.8) is 0 Å². The summed E-state index contributed by atoms with van der Waals surface area (Å²) >= 11 is 12.0. The Bertz CT molecular complexity index is 602. The molecule has 5 nitrogen and oxygen atoms in total. The van der Waals surface area contributed by atoms with Crippen LogP contribution in [-0.4, -0.2) is 43.0 Å². The quantitative estimate of drug-likeness (QED) is 0.669. The average molecular weight is 401 g/mol. The minimum absolute atomic E-state index is 0.0746. The zero-order valence-electron chi connectivity index (χ0n) is 14.9. The summed E-state index contributed by atoms with van der Waals surface area (Å²) in [7, 11) is 0. The van der Waals surface area contributed by atoms with Crippen molar-refractivity contribution in [2.75, 3.05) is 26.2 Å². The van der Waals surface area contributed by atoms with Crippen LogP contribution in [-0.2, 0) is 9.59 Å². The third kappa shape index (κ3) is 7.04. The van der Waals surface area contributed by atoms with E-state index in [1.54, 1.807) is 18.2 Å². The fraction of sp³-hybridized carbons (Fsp3) is 0.579. The standard InChI is InChI=1S/C19H26Cl2N2O3/c20-15-7-5-8-16(19(15)21)26-14-6-9-17(24)22-11-10-18(25)23-12-3-1-2-4-13-23/h5,7-8H,1-4,6,9-14H2,(H,22,24). The highest BCUT2D eigenvalue weighted by Gasteiger charge is 2.15. The summed E-state index contributed by atoms with van der Waals surface area (Å²) in [4.78, 5) is 25.9. The van der Waals surface area contributed by atoms with Crippen LogP contribution in [0.2, 0.25) is 10.0 Å². The zero-order chi connectivity index (χ0) is 18.8. The summed E-state index contributed by atoms with van der Waals surface area (Å²) in [6.07, 6.45) is 5.82. The van der Waals surface area contributed by atoms with E-state index in [1.165, 1.54) is 12.8 Å². The highest BCUT2D eigenvalue weighted by molar-refractivity contribution is 6.42. The van der Waals surface area contributed by atoms with Crippen molar-refractivity contribution in [1.29, 1.82) is 0 Å². The molecule has 1 aromatic carbocycles. The molecular formula is C19H26Cl2N2O3. The molecule has 0 spiro atoms. The minimum atomic E-state index is -0.0746. The van der Waals surface area contributed by atoms with Crippen molar-refractivity contribution in [2.45, 2.75) is 44.9 Å². The van der Waals surface area contributed by atoms with E-state index in [4.69, 9.17) is 27.9 Å². The zero-order valence-corrected chi connectivity index (χ0v) is 16.4. The number of nitrogens with zero attached hydrogens (tertiary/aromatic N) is 1. The summed E-state index contributed by atoms with van der Waals surface area (Å²) in [5, 5.41) is 3.62. The topological polar surface area (TPSA) is 58.6 Å². The first kappa shape index (κ1) is 20.8. The average Bonchev–Trinajstić information content (AvgIpc) is 2.91. The van der Waals surface area contributed by atoms with E-state index in [-0.39, 0.29) is 11.8 Å². The van der Waals surface area contributed by atoms with Gasteiger partial charge in [-0.3, -0.25) is 9.59 Å². The van der Waals surface area contributed by atoms with Crippen LogP contribution in [0, 0.1) is 0 Å². The summed E-state index contributed by atoms with van der Waals surface area (Å²) < 4.78 is 5.54. The second-order valence-electron chi connectivity index (χ2n) is 6.40. The smallest absolute Gasteiger partial charge is 0.224 e. The molecule has 1 heterocycles. The molecule has 0 radical (unpaired) electrons. The Kier molecular flexibility index (Phi) is 9.06. The van der Waals surface area contributed by atoms with Gasteiger partial charge in [0, 0.05) is 32.5 Å². The predicted octanol–water partition coefficient (Wildman–Crippen LogP) is 4.06. The molecular weight excluding hydrogens is 375 g/mol. The van der Waals surface area contributed by atoms with Gasteiger partial charge < -0.3 is 15.0 Å². The third-order valence-corrected chi connectivity index (χ3v) is 5.14. The van der Waals surface area contributed by atoms with Gasteiger partial charge >= 0.3 is 0 Å². The molecule has 2 rings (SSSR count). The highest BCUT2D eigenvalue weighted by atomic mass is 35.5. The van der Waals surface area contributed by atoms with E-state index in [0.29, 0.717) is 48.2 Å². The number of hydrogen-bond donors (Lipinski definition) is 1. The van der Waals surface area contributed by atoms with Crippen molar-refractivity contribution < 1.29 is 14.3 Å². The first-order chi connectivity index (χ1) is 12.6. The molecule has 0 aliphatic carbocycles. The molecule has 1 N–H and O–H groups in total. The molecule has 1 saturated heterocycles. The highest BCUT2D eigenvalue weighted by Crippen LogP contribution is 2.31. The van der Waals surface area contributed by atoms with E-state index in [9.17, 15) is 9.59 Å². The Hall–Kier alpha value is -1.46. The summed E-state index contributed by atoms with van der Waals surface area (Å²) in [5.74, 6) is 0.572. The molecule has 0 bridgehead atoms. The molecule has 2 amide bonds. The maximum absolute atomic E-state index is 12.1. The van der Waals surface area contributed by atoms with Crippen LogP contribution in [0.1, 0.15) is 44.9 Å². The van der Waals surface area contributed by atoms with Crippen molar-refractivity contribution in [3.05, 3.63) is 28.2 Å². The van der Waals surface area contributed by atoms with Crippen molar-refractivity contribution in [1.82, 2.24) is 10.2 Å². The maximum atomic E-state index is 12.1. The van der Waals surface area contributed by atoms with Gasteiger partial charge in [-0.2, -0.15) is 0 Å². The van der Waals surface area contributed by atoms with E-state index in [0.717, 1.165) is 25.9 Å². The van der Waals surface area contributed by atoms with Crippen LogP contribution in [0.5, 0.6) is 5.75 Å². The Morgan fingerprint density at radius 1 is 1.08 bits per heavy atom. The summed E-state index contributed by atoms with van der Waals surface area (Å²) in [6, 6.07) is 5.19. The molecule has 1 aromatic rings. The number of ether oxygens (including phenoxy) is 1. The first-order valence-electron chi connectivity index (χ1n) is 9.19. The van der Waals surface area contributed by atoms with E-state index in [2.05, 4.69) is 5.32 Å². The number of carbonyl (C=O) groups is 2. The minimum Gasteiger partial charge on any atom is -0.492 e. The summed E-state index contributed by atoms with van der Waals surface area (Å²) in [5.41, 5.74) is 0. The monoisotopic (exact) mass is 400 g/mol. The molecule has 0 unspecified atom stereocenters. The Morgan fingerprint density at radius 3 is 2.54 bits per heavy atom. The van der Waals surface area contributed by atoms with E-state index >= 15 is 0 Å². The van der Waals surface area contributed by atoms with Crippen LogP contribution in [0.4, 0.5) is 0 Å². The lowest BCUT2D eigenvalue weighted by molar-refractivity contribution is -0.131. The van der Waals surface area contributed by atoms with Gasteiger partial charge in [-0.05, 0) is 31.4 Å². The van der Waals surface area contributed by atoms with Gasteiger partial charge in [-0.15, -0.1) is 0 Å². The molecule has 1 aliphatic rings. The van der Waals surface area contributed by atoms with Gasteiger partial charge in [0.05, 0.1) is 11.6 Å². The normalized spacial score (nSPS) is 14.6. The molecule has 26 heavy (non-hydrogen) atoms. The Morgan fingerprint density at radius 2 is 1.81 bits per heavy atom. The van der Waals surface area contributed by atoms with Crippen molar-refractivity contribution in [2.24, 2.45) is 0 Å². The SMILES string of the molecule is O=C(CCCOc1cccc(Cl)c1Cl)NCCC(=O)N1CCCCCC1. The van der Waals surface area contributed by atoms with Gasteiger partial charge in [0.25, 0.3) is 0 Å². The second-order valence-corrected chi connectivity index (χ2v) is 7.18. The largest absolute Gasteiger partial charge is 0.492 e. The predicted molar refractivity (Wildman–Crippen MR) is 104 cm³/mol. The lowest BCUT2D eigenvalue weighted by Crippen LogP contribution is -2.35. The van der Waals surface area contributed by atoms with Gasteiger partial charge in [0.2, 0.25) is 11.8 Å². The number of hydrogen-bond acceptors (Lipinski definition) is 3. The first-order valence-corrected chi connectivity index (χ1v) is 9.95. The van der Waals surface area contributed by atoms with E-state index < -0.39 is 0 Å². The second kappa shape index (κ2) is 11.3. The van der Waals surface area contributed by atoms with Crippen LogP contribution in [0.25, 0.3) is 0 Å². The maximum Gasteiger partial charge on any atom is 0.224 e. The third-order valence-electron chi connectivity index (χ3n) is 4.34. The number of nitrogens with one attached hydrogen (secondary N) is 1. The number of halogens is 2. The molecule has 0 atom stereocenters. The van der Waals surface area contributed by atoms with Crippen LogP contribution < -0.4 is 10.1 Å². The number of carbonyl (C=O) groups excluding carboxylic acids is 2. The lowest BCUT2D eigenvalue weighted by atomic mass is 10.2. The van der Waals surface area contributed by atoms with Crippen LogP contribution in [0.15, 0.2) is 18.2 Å². The molecule has 7 heteroatoms. The Labute approximate surface area is 165 Å². The molecule has 0 aromatic heterocycles. The Balaban J connectivity index is 1.57. The van der Waals surface area contributed by atoms with Crippen molar-refractivity contribution >= 4 is 35.0 Å². The molecule has 1 aliphatic heterocycles. The molecule has 144 valence electrons. The fourth-order valence-corrected chi connectivity index (χ4v) is 3.23. The number of likely N-dealkylation sites (tertiary alicyclic amines) is 1. The molecule has 1 fully saturated rings. The number of amides is 2. The molecule has 0 saturated carbocycles. The van der Waals surface area contributed by atoms with Gasteiger partial charge in [-0.25, -0.2) is 0 Å². The number of benzene rings is 1. The fourth-order valence-electron chi connectivity index (χ4n) is 2.89. The summed E-state index contributed by atoms with van der Waals surface area (Å²) in [6.45, 7) is 2.45. The van der Waals surface area contributed by atoms with Gasteiger partial charge in [-0.1, -0.05) is 42.1 Å². The van der Waals surface area contributed by atoms with Gasteiger partial charge in [0.15, 0.2) is 0 Å². The van der Waals surface area contributed by atoms with E-state index in [1.807, 2.05) is 4.90 Å². The number of rotatable bonds is 8. The van der Waals surface area contributed by atoms with Crippen LogP contribution in [0.3, 0.4) is 0 Å². The van der Waals surface area contributed by atoms with Crippen molar-refractivity contribution in [3.8, 4) is 5.75 Å². The van der Waals surface area contributed by atoms with Crippen LogP contribution >= 0.6 is 23.2 Å². The lowest BCUT2D eigenvalue weighted by Gasteiger charge is -2.20.